The van der Waals surface area contributed by atoms with Crippen LogP contribution in [0.15, 0.2) is 24.5 Å². The zero-order valence-corrected chi connectivity index (χ0v) is 16.7. The molecule has 2 saturated heterocycles. The van der Waals surface area contributed by atoms with Gasteiger partial charge in [0.1, 0.15) is 0 Å². The van der Waals surface area contributed by atoms with Crippen LogP contribution >= 0.6 is 0 Å². The van der Waals surface area contributed by atoms with Gasteiger partial charge in [-0.1, -0.05) is 19.9 Å². The summed E-state index contributed by atoms with van der Waals surface area (Å²) >= 11 is 0. The van der Waals surface area contributed by atoms with Crippen molar-refractivity contribution in [2.45, 2.75) is 33.2 Å². The Kier molecular flexibility index (Phi) is 6.33. The standard InChI is InChI=1S/C19H31N3O3S/c1-17(2)14-26(23,24)22-8-5-19(6-9-22)15-21(10-11-25-16-19)13-18-4-3-7-20-12-18/h3-4,7,12,17H,5-6,8-11,13-16H2,1-2H3. The normalized spacial score (nSPS) is 22.6. The summed E-state index contributed by atoms with van der Waals surface area (Å²) in [6, 6.07) is 4.07. The van der Waals surface area contributed by atoms with E-state index in [-0.39, 0.29) is 17.1 Å². The zero-order chi connectivity index (χ0) is 18.6. The number of hydrogen-bond acceptors (Lipinski definition) is 5. The van der Waals surface area contributed by atoms with Gasteiger partial charge in [0.2, 0.25) is 10.0 Å². The quantitative estimate of drug-likeness (QED) is 0.780. The first kappa shape index (κ1) is 19.7. The molecule has 2 aliphatic rings. The molecule has 0 saturated carbocycles. The summed E-state index contributed by atoms with van der Waals surface area (Å²) in [5.74, 6) is 0.399. The summed E-state index contributed by atoms with van der Waals surface area (Å²) in [5.41, 5.74) is 1.27. The number of pyridine rings is 1. The average Bonchev–Trinajstić information content (AvgIpc) is 2.77. The molecule has 0 N–H and O–H groups in total. The molecule has 3 heterocycles. The van der Waals surface area contributed by atoms with Crippen LogP contribution in [0.3, 0.4) is 0 Å². The molecule has 3 rings (SSSR count). The van der Waals surface area contributed by atoms with Crippen LogP contribution in [0, 0.1) is 11.3 Å². The summed E-state index contributed by atoms with van der Waals surface area (Å²) in [5, 5.41) is 0. The van der Waals surface area contributed by atoms with E-state index in [4.69, 9.17) is 4.74 Å². The number of nitrogens with zero attached hydrogens (tertiary/aromatic N) is 3. The van der Waals surface area contributed by atoms with E-state index in [2.05, 4.69) is 16.0 Å². The molecule has 7 heteroatoms. The van der Waals surface area contributed by atoms with E-state index < -0.39 is 10.0 Å². The van der Waals surface area contributed by atoms with Crippen molar-refractivity contribution in [3.05, 3.63) is 30.1 Å². The number of ether oxygens (including phenoxy) is 1. The molecule has 1 aromatic heterocycles. The summed E-state index contributed by atoms with van der Waals surface area (Å²) < 4.78 is 32.6. The molecule has 0 unspecified atom stereocenters. The average molecular weight is 382 g/mol. The van der Waals surface area contributed by atoms with E-state index in [9.17, 15) is 8.42 Å². The van der Waals surface area contributed by atoms with Crippen molar-refractivity contribution in [1.82, 2.24) is 14.2 Å². The Bertz CT molecular complexity index is 671. The highest BCUT2D eigenvalue weighted by atomic mass is 32.2. The smallest absolute Gasteiger partial charge is 0.214 e. The summed E-state index contributed by atoms with van der Waals surface area (Å²) in [7, 11) is -3.14. The number of rotatable bonds is 5. The van der Waals surface area contributed by atoms with Gasteiger partial charge in [0.25, 0.3) is 0 Å². The maximum Gasteiger partial charge on any atom is 0.214 e. The van der Waals surface area contributed by atoms with Gasteiger partial charge < -0.3 is 4.74 Å². The van der Waals surface area contributed by atoms with Crippen molar-refractivity contribution >= 4 is 10.0 Å². The van der Waals surface area contributed by atoms with Crippen molar-refractivity contribution in [3.63, 3.8) is 0 Å². The molecule has 0 aliphatic carbocycles. The van der Waals surface area contributed by atoms with Crippen molar-refractivity contribution in [3.8, 4) is 0 Å². The maximum atomic E-state index is 12.5. The Morgan fingerprint density at radius 1 is 1.27 bits per heavy atom. The van der Waals surface area contributed by atoms with E-state index in [0.29, 0.717) is 13.1 Å². The lowest BCUT2D eigenvalue weighted by atomic mass is 9.79. The van der Waals surface area contributed by atoms with Gasteiger partial charge in [0.05, 0.1) is 19.0 Å². The van der Waals surface area contributed by atoms with Gasteiger partial charge in [-0.25, -0.2) is 12.7 Å². The third-order valence-corrected chi connectivity index (χ3v) is 7.61. The van der Waals surface area contributed by atoms with Crippen LogP contribution in [0.2, 0.25) is 0 Å². The lowest BCUT2D eigenvalue weighted by Crippen LogP contribution is -2.49. The van der Waals surface area contributed by atoms with Gasteiger partial charge in [-0.3, -0.25) is 9.88 Å². The van der Waals surface area contributed by atoms with Gasteiger partial charge >= 0.3 is 0 Å². The largest absolute Gasteiger partial charge is 0.379 e. The number of sulfonamides is 1. The topological polar surface area (TPSA) is 62.7 Å². The third kappa shape index (κ3) is 5.03. The van der Waals surface area contributed by atoms with Crippen molar-refractivity contribution < 1.29 is 13.2 Å². The second-order valence-electron chi connectivity index (χ2n) is 8.20. The molecular formula is C19H31N3O3S. The van der Waals surface area contributed by atoms with Gasteiger partial charge in [0, 0.05) is 50.5 Å². The number of aromatic nitrogens is 1. The van der Waals surface area contributed by atoms with E-state index >= 15 is 0 Å². The molecule has 0 bridgehead atoms. The first-order valence-corrected chi connectivity index (χ1v) is 11.2. The molecule has 1 spiro atoms. The molecule has 0 aromatic carbocycles. The molecule has 26 heavy (non-hydrogen) atoms. The fraction of sp³-hybridized carbons (Fsp3) is 0.737. The minimum Gasteiger partial charge on any atom is -0.379 e. The number of hydrogen-bond donors (Lipinski definition) is 0. The molecule has 0 radical (unpaired) electrons. The molecule has 2 aliphatic heterocycles. The van der Waals surface area contributed by atoms with E-state index in [1.807, 2.05) is 26.1 Å². The lowest BCUT2D eigenvalue weighted by molar-refractivity contribution is 0.0307. The molecule has 2 fully saturated rings. The zero-order valence-electron chi connectivity index (χ0n) is 15.9. The van der Waals surface area contributed by atoms with Gasteiger partial charge in [-0.15, -0.1) is 0 Å². The van der Waals surface area contributed by atoms with Crippen LogP contribution in [0.5, 0.6) is 0 Å². The maximum absolute atomic E-state index is 12.5. The first-order chi connectivity index (χ1) is 12.4. The van der Waals surface area contributed by atoms with Crippen LogP contribution in [0.4, 0.5) is 0 Å². The van der Waals surface area contributed by atoms with Crippen LogP contribution in [0.25, 0.3) is 0 Å². The Labute approximate surface area is 157 Å². The monoisotopic (exact) mass is 381 g/mol. The Morgan fingerprint density at radius 3 is 2.69 bits per heavy atom. The molecule has 0 amide bonds. The van der Waals surface area contributed by atoms with Gasteiger partial charge in [-0.2, -0.15) is 0 Å². The third-order valence-electron chi connectivity index (χ3n) is 5.37. The predicted molar refractivity (Wildman–Crippen MR) is 102 cm³/mol. The van der Waals surface area contributed by atoms with Gasteiger partial charge in [-0.05, 0) is 30.4 Å². The fourth-order valence-corrected chi connectivity index (χ4v) is 5.83. The minimum atomic E-state index is -3.14. The Morgan fingerprint density at radius 2 is 2.04 bits per heavy atom. The Hall–Kier alpha value is -1.02. The second-order valence-corrected chi connectivity index (χ2v) is 10.2. The van der Waals surface area contributed by atoms with E-state index in [1.54, 1.807) is 10.5 Å². The molecule has 1 aromatic rings. The van der Waals surface area contributed by atoms with Crippen molar-refractivity contribution in [1.29, 1.82) is 0 Å². The van der Waals surface area contributed by atoms with Crippen LogP contribution < -0.4 is 0 Å². The van der Waals surface area contributed by atoms with Crippen LogP contribution in [0.1, 0.15) is 32.3 Å². The molecule has 146 valence electrons. The predicted octanol–water partition coefficient (Wildman–Crippen LogP) is 1.98. The van der Waals surface area contributed by atoms with Crippen molar-refractivity contribution in [2.24, 2.45) is 11.3 Å². The fourth-order valence-electron chi connectivity index (χ4n) is 4.03. The minimum absolute atomic E-state index is 0.0581. The van der Waals surface area contributed by atoms with Gasteiger partial charge in [0.15, 0.2) is 0 Å². The Balaban J connectivity index is 1.63. The number of piperidine rings is 1. The summed E-state index contributed by atoms with van der Waals surface area (Å²) in [6.45, 7) is 9.33. The van der Waals surface area contributed by atoms with E-state index in [0.717, 1.165) is 45.7 Å². The highest BCUT2D eigenvalue weighted by Crippen LogP contribution is 2.35. The van der Waals surface area contributed by atoms with E-state index in [1.165, 1.54) is 5.56 Å². The molecule has 0 atom stereocenters. The van der Waals surface area contributed by atoms with Crippen molar-refractivity contribution in [2.75, 3.05) is 45.1 Å². The van der Waals surface area contributed by atoms with Crippen LogP contribution in [-0.2, 0) is 21.3 Å². The lowest BCUT2D eigenvalue weighted by Gasteiger charge is -2.42. The SMILES string of the molecule is CC(C)CS(=O)(=O)N1CCC2(CC1)COCCN(Cc1cccnc1)C2. The highest BCUT2D eigenvalue weighted by molar-refractivity contribution is 7.89. The molecular weight excluding hydrogens is 350 g/mol. The summed E-state index contributed by atoms with van der Waals surface area (Å²) in [4.78, 5) is 6.64. The summed E-state index contributed by atoms with van der Waals surface area (Å²) in [6.07, 6.45) is 5.45. The second kappa shape index (κ2) is 8.33. The first-order valence-electron chi connectivity index (χ1n) is 9.55. The highest BCUT2D eigenvalue weighted by Gasteiger charge is 2.40. The van der Waals surface area contributed by atoms with Crippen LogP contribution in [-0.4, -0.2) is 67.8 Å². The molecule has 6 nitrogen and oxygen atoms in total.